The van der Waals surface area contributed by atoms with Gasteiger partial charge in [0.05, 0.1) is 0 Å². The van der Waals surface area contributed by atoms with Crippen molar-refractivity contribution in [3.8, 4) is 22.6 Å². The van der Waals surface area contributed by atoms with Crippen LogP contribution in [0.4, 0.5) is 0 Å². The Morgan fingerprint density at radius 1 is 0.833 bits per heavy atom. The summed E-state index contributed by atoms with van der Waals surface area (Å²) in [4.78, 5) is 12.3. The van der Waals surface area contributed by atoms with Crippen molar-refractivity contribution in [3.05, 3.63) is 72.8 Å². The summed E-state index contributed by atoms with van der Waals surface area (Å²) in [6, 6.07) is 24.5. The molecule has 4 aromatic rings. The molecule has 0 spiro atoms. The van der Waals surface area contributed by atoms with E-state index in [2.05, 4.69) is 39.4 Å². The average molecular weight is 481 g/mol. The van der Waals surface area contributed by atoms with Crippen LogP contribution in [0.1, 0.15) is 6.92 Å². The van der Waals surface area contributed by atoms with E-state index >= 15 is 0 Å². The fourth-order valence-electron chi connectivity index (χ4n) is 3.92. The van der Waals surface area contributed by atoms with Crippen LogP contribution >= 0.6 is 5.96 Å². The molecule has 0 amide bonds. The van der Waals surface area contributed by atoms with Gasteiger partial charge in [-0.2, -0.15) is 0 Å². The molecule has 6 heteroatoms. The van der Waals surface area contributed by atoms with E-state index in [-0.39, 0.29) is 12.1 Å². The Bertz CT molecular complexity index is 1260. The summed E-state index contributed by atoms with van der Waals surface area (Å²) in [5.41, 5.74) is 1.97. The predicted molar refractivity (Wildman–Crippen MR) is 122 cm³/mol. The summed E-state index contributed by atoms with van der Waals surface area (Å²) in [5.74, 6) is -1.63. The van der Waals surface area contributed by atoms with Crippen molar-refractivity contribution in [1.29, 1.82) is 0 Å². The molecule has 4 aromatic carbocycles. The summed E-state index contributed by atoms with van der Waals surface area (Å²) < 4.78 is 18.0. The molecule has 0 radical (unpaired) electrons. The van der Waals surface area contributed by atoms with Gasteiger partial charge in [-0.1, -0.05) is 0 Å². The third-order valence-corrected chi connectivity index (χ3v) is 8.48. The van der Waals surface area contributed by atoms with Crippen molar-refractivity contribution in [2.24, 2.45) is 0 Å². The second-order valence-corrected chi connectivity index (χ2v) is 12.5. The van der Waals surface area contributed by atoms with Gasteiger partial charge in [0.15, 0.2) is 0 Å². The van der Waals surface area contributed by atoms with Crippen LogP contribution in [-0.2, 0) is 9.53 Å². The Balaban J connectivity index is 1.82. The zero-order valence-corrected chi connectivity index (χ0v) is 18.9. The number of benzene rings is 4. The summed E-state index contributed by atoms with van der Waals surface area (Å²) in [5, 5.41) is 4.41. The molecule has 150 valence electrons. The fraction of sp³-hybridized carbons (Fsp3) is 0.125. The van der Waals surface area contributed by atoms with E-state index in [1.54, 1.807) is 6.92 Å². The van der Waals surface area contributed by atoms with E-state index in [4.69, 9.17) is 13.8 Å². The molecule has 0 fully saturated rings. The molecule has 30 heavy (non-hydrogen) atoms. The molecule has 1 aliphatic rings. The number of hydrogen-bond donors (Lipinski definition) is 0. The number of hydrogen-bond acceptors (Lipinski definition) is 4. The van der Waals surface area contributed by atoms with Crippen LogP contribution in [0.2, 0.25) is 0 Å². The van der Waals surface area contributed by atoms with E-state index < -0.39 is 5.96 Å². The van der Waals surface area contributed by atoms with Crippen LogP contribution in [0, 0.1) is 0 Å². The first-order chi connectivity index (χ1) is 14.6. The standard InChI is InChI=1S/C24H19O4PSe/c1-2-26-22(25)15-29(30)27-20-13-11-16-7-3-5-9-18(16)23(20)24-19-10-6-4-8-17(19)12-14-21(24)28-29/h3-14H,2,15H2,1H3. The van der Waals surface area contributed by atoms with Gasteiger partial charge in [0.2, 0.25) is 0 Å². The van der Waals surface area contributed by atoms with Crippen LogP contribution in [0.25, 0.3) is 32.7 Å². The minimum absolute atomic E-state index is 0.0410. The van der Waals surface area contributed by atoms with Gasteiger partial charge in [0, 0.05) is 0 Å². The Morgan fingerprint density at radius 3 is 1.83 bits per heavy atom. The van der Waals surface area contributed by atoms with Gasteiger partial charge in [-0.15, -0.1) is 0 Å². The Hall–Kier alpha value is -2.58. The summed E-state index contributed by atoms with van der Waals surface area (Å²) >= 11 is 3.07. The third kappa shape index (κ3) is 3.33. The first-order valence-corrected chi connectivity index (χ1v) is 13.8. The molecule has 0 saturated carbocycles. The second kappa shape index (κ2) is 7.59. The van der Waals surface area contributed by atoms with Crippen LogP contribution in [0.3, 0.4) is 0 Å². The van der Waals surface area contributed by atoms with Crippen LogP contribution in [0.15, 0.2) is 72.8 Å². The summed E-state index contributed by atoms with van der Waals surface area (Å²) in [6.07, 6.45) is 0.0410. The normalized spacial score (nSPS) is 14.2. The quantitative estimate of drug-likeness (QED) is 0.207. The maximum absolute atomic E-state index is 12.3. The molecule has 0 aromatic heterocycles. The molecule has 0 unspecified atom stereocenters. The number of fused-ring (bicyclic) bond motifs is 7. The van der Waals surface area contributed by atoms with Crippen molar-refractivity contribution in [3.63, 3.8) is 0 Å². The number of ether oxygens (including phenoxy) is 1. The van der Waals surface area contributed by atoms with E-state index in [0.29, 0.717) is 18.1 Å². The summed E-state index contributed by atoms with van der Waals surface area (Å²) in [7, 11) is 0. The molecule has 4 nitrogen and oxygen atoms in total. The topological polar surface area (TPSA) is 44.8 Å². The molecular formula is C24H19O4PSe. The van der Waals surface area contributed by atoms with E-state index in [1.165, 1.54) is 0 Å². The molecule has 0 atom stereocenters. The number of rotatable bonds is 3. The minimum atomic E-state index is -2.71. The first-order valence-electron chi connectivity index (χ1n) is 9.76. The first kappa shape index (κ1) is 19.4. The van der Waals surface area contributed by atoms with Crippen molar-refractivity contribution < 1.29 is 18.6 Å². The monoisotopic (exact) mass is 482 g/mol. The molecule has 1 aliphatic heterocycles. The van der Waals surface area contributed by atoms with Crippen molar-refractivity contribution >= 4 is 48.6 Å². The maximum atomic E-state index is 12.3. The number of carbonyl (C=O) groups excluding carboxylic acids is 1. The molecule has 0 saturated heterocycles. The molecule has 5 rings (SSSR count). The molecule has 0 aliphatic carbocycles. The average Bonchev–Trinajstić information content (AvgIpc) is 2.87. The zero-order chi connectivity index (χ0) is 20.7. The second-order valence-electron chi connectivity index (χ2n) is 7.08. The third-order valence-electron chi connectivity index (χ3n) is 5.13. The SMILES string of the molecule is CCOC(=O)CP1(=[Se])Oc2ccc3ccccc3c2-c2c(ccc3ccccc23)O1. The number of carbonyl (C=O) groups is 1. The van der Waals surface area contributed by atoms with E-state index in [0.717, 1.165) is 32.7 Å². The van der Waals surface area contributed by atoms with Gasteiger partial charge in [-0.3, -0.25) is 0 Å². The fourth-order valence-corrected chi connectivity index (χ4v) is 7.07. The summed E-state index contributed by atoms with van der Waals surface area (Å²) in [6.45, 7) is 2.11. The molecule has 0 N–H and O–H groups in total. The van der Waals surface area contributed by atoms with Gasteiger partial charge in [0.1, 0.15) is 0 Å². The molecular weight excluding hydrogens is 462 g/mol. The zero-order valence-electron chi connectivity index (χ0n) is 16.3. The number of esters is 1. The Labute approximate surface area is 182 Å². The van der Waals surface area contributed by atoms with Gasteiger partial charge in [-0.25, -0.2) is 0 Å². The van der Waals surface area contributed by atoms with E-state index in [1.807, 2.05) is 48.5 Å². The molecule has 0 bridgehead atoms. The van der Waals surface area contributed by atoms with Gasteiger partial charge in [0.25, 0.3) is 0 Å². The molecule has 1 heterocycles. The van der Waals surface area contributed by atoms with Gasteiger partial charge in [-0.05, 0) is 0 Å². The van der Waals surface area contributed by atoms with Gasteiger partial charge >= 0.3 is 182 Å². The van der Waals surface area contributed by atoms with Gasteiger partial charge < -0.3 is 0 Å². The van der Waals surface area contributed by atoms with E-state index in [9.17, 15) is 4.79 Å². The van der Waals surface area contributed by atoms with Crippen LogP contribution in [-0.4, -0.2) is 33.8 Å². The Morgan fingerprint density at radius 2 is 1.33 bits per heavy atom. The Kier molecular flexibility index (Phi) is 4.91. The van der Waals surface area contributed by atoms with Crippen molar-refractivity contribution in [1.82, 2.24) is 0 Å². The van der Waals surface area contributed by atoms with Crippen molar-refractivity contribution in [2.45, 2.75) is 6.92 Å². The van der Waals surface area contributed by atoms with Crippen LogP contribution in [0.5, 0.6) is 11.5 Å². The van der Waals surface area contributed by atoms with Crippen LogP contribution < -0.4 is 9.05 Å². The van der Waals surface area contributed by atoms with Crippen molar-refractivity contribution in [2.75, 3.05) is 12.8 Å². The predicted octanol–water partition coefficient (Wildman–Crippen LogP) is 5.93.